The van der Waals surface area contributed by atoms with Gasteiger partial charge < -0.3 is 0 Å². The largest absolute Gasteiger partial charge is 0.431 e. The zero-order valence-electron chi connectivity index (χ0n) is 10.5. The number of pyridine rings is 1. The lowest BCUT2D eigenvalue weighted by atomic mass is 10.1. The van der Waals surface area contributed by atoms with Crippen LogP contribution in [-0.2, 0) is 12.7 Å². The lowest BCUT2D eigenvalue weighted by molar-refractivity contribution is -0.144. The molecule has 0 bridgehead atoms. The number of halogens is 4. The first kappa shape index (κ1) is 15.3. The molecule has 0 aliphatic rings. The van der Waals surface area contributed by atoms with E-state index in [-0.39, 0.29) is 10.6 Å². The predicted octanol–water partition coefficient (Wildman–Crippen LogP) is 3.40. The number of nitrogens with zero attached hydrogens (tertiary/aromatic N) is 1. The molecule has 1 aromatic carbocycles. The van der Waals surface area contributed by atoms with E-state index in [1.807, 2.05) is 0 Å². The average Bonchev–Trinajstić information content (AvgIpc) is 2.39. The van der Waals surface area contributed by atoms with Gasteiger partial charge in [-0.05, 0) is 18.2 Å². The van der Waals surface area contributed by atoms with Gasteiger partial charge in [-0.2, -0.15) is 13.2 Å². The quantitative estimate of drug-likeness (QED) is 0.814. The molecule has 0 radical (unpaired) electrons. The van der Waals surface area contributed by atoms with Crippen molar-refractivity contribution in [3.8, 4) is 0 Å². The molecule has 0 aliphatic carbocycles. The molecule has 3 nitrogen and oxygen atoms in total. The summed E-state index contributed by atoms with van der Waals surface area (Å²) in [6.07, 6.45) is -4.71. The Kier molecular flexibility index (Phi) is 4.18. The summed E-state index contributed by atoms with van der Waals surface area (Å²) >= 11 is 5.73. The molecule has 0 amide bonds. The van der Waals surface area contributed by atoms with Crippen molar-refractivity contribution in [2.45, 2.75) is 12.7 Å². The van der Waals surface area contributed by atoms with Crippen LogP contribution in [-0.4, -0.2) is 10.4 Å². The van der Waals surface area contributed by atoms with Gasteiger partial charge in [-0.25, -0.2) is 0 Å². The highest BCUT2D eigenvalue weighted by Crippen LogP contribution is 2.28. The molecular weight excluding hydrogens is 307 g/mol. The fourth-order valence-electron chi connectivity index (χ4n) is 1.83. The van der Waals surface area contributed by atoms with Crippen LogP contribution in [0.1, 0.15) is 16.1 Å². The Hall–Kier alpha value is -2.08. The summed E-state index contributed by atoms with van der Waals surface area (Å²) in [4.78, 5) is 23.6. The van der Waals surface area contributed by atoms with Crippen LogP contribution in [0.25, 0.3) is 0 Å². The summed E-state index contributed by atoms with van der Waals surface area (Å²) in [6, 6.07) is 8.54. The number of benzene rings is 1. The Labute approximate surface area is 122 Å². The SMILES string of the molecule is O=C(Cn1c(C(F)(F)F)cccc1=O)c1cccc(Cl)c1. The van der Waals surface area contributed by atoms with Crippen LogP contribution >= 0.6 is 11.6 Å². The van der Waals surface area contributed by atoms with E-state index >= 15 is 0 Å². The zero-order valence-corrected chi connectivity index (χ0v) is 11.3. The molecule has 21 heavy (non-hydrogen) atoms. The molecule has 0 unspecified atom stereocenters. The Bertz CT molecular complexity index is 737. The van der Waals surface area contributed by atoms with Gasteiger partial charge in [0.25, 0.3) is 5.56 Å². The van der Waals surface area contributed by atoms with E-state index in [4.69, 9.17) is 11.6 Å². The molecule has 0 N–H and O–H groups in total. The minimum atomic E-state index is -4.71. The number of hydrogen-bond donors (Lipinski definition) is 0. The topological polar surface area (TPSA) is 39.1 Å². The van der Waals surface area contributed by atoms with Gasteiger partial charge in [0.2, 0.25) is 0 Å². The number of ketones is 1. The normalized spacial score (nSPS) is 11.4. The fraction of sp³-hybridized carbons (Fsp3) is 0.143. The third kappa shape index (κ3) is 3.52. The summed E-state index contributed by atoms with van der Waals surface area (Å²) in [5, 5.41) is 0.289. The lowest BCUT2D eigenvalue weighted by Crippen LogP contribution is -2.30. The molecule has 7 heteroatoms. The molecule has 0 aliphatic heterocycles. The molecule has 2 aromatic rings. The number of carbonyl (C=O) groups is 1. The Morgan fingerprint density at radius 3 is 2.43 bits per heavy atom. The first-order valence-electron chi connectivity index (χ1n) is 5.85. The molecule has 1 aromatic heterocycles. The number of alkyl halides is 3. The minimum absolute atomic E-state index is 0.145. The highest BCUT2D eigenvalue weighted by Gasteiger charge is 2.34. The van der Waals surface area contributed by atoms with Crippen molar-refractivity contribution >= 4 is 17.4 Å². The van der Waals surface area contributed by atoms with Gasteiger partial charge in [0.05, 0.1) is 6.54 Å². The van der Waals surface area contributed by atoms with E-state index < -0.39 is 29.8 Å². The number of rotatable bonds is 3. The van der Waals surface area contributed by atoms with Crippen LogP contribution in [0.3, 0.4) is 0 Å². The number of carbonyl (C=O) groups excluding carboxylic acids is 1. The molecule has 1 heterocycles. The van der Waals surface area contributed by atoms with Gasteiger partial charge in [-0.1, -0.05) is 29.8 Å². The van der Waals surface area contributed by atoms with Crippen LogP contribution in [0, 0.1) is 0 Å². The summed E-state index contributed by atoms with van der Waals surface area (Å²) in [6.45, 7) is -0.700. The predicted molar refractivity (Wildman–Crippen MR) is 71.5 cm³/mol. The number of hydrogen-bond acceptors (Lipinski definition) is 2. The van der Waals surface area contributed by atoms with Gasteiger partial charge in [-0.15, -0.1) is 0 Å². The maximum atomic E-state index is 12.9. The van der Waals surface area contributed by atoms with Crippen molar-refractivity contribution in [1.29, 1.82) is 0 Å². The van der Waals surface area contributed by atoms with Crippen LogP contribution in [0.4, 0.5) is 13.2 Å². The maximum Gasteiger partial charge on any atom is 0.431 e. The van der Waals surface area contributed by atoms with Gasteiger partial charge in [0.1, 0.15) is 5.69 Å². The molecule has 110 valence electrons. The average molecular weight is 316 g/mol. The van der Waals surface area contributed by atoms with Crippen molar-refractivity contribution in [3.05, 3.63) is 69.1 Å². The first-order chi connectivity index (χ1) is 9.79. The Morgan fingerprint density at radius 2 is 1.81 bits per heavy atom. The van der Waals surface area contributed by atoms with Crippen molar-refractivity contribution < 1.29 is 18.0 Å². The molecule has 0 atom stereocenters. The van der Waals surface area contributed by atoms with E-state index in [1.54, 1.807) is 0 Å². The third-order valence-corrected chi connectivity index (χ3v) is 3.02. The fourth-order valence-corrected chi connectivity index (χ4v) is 2.02. The Morgan fingerprint density at radius 1 is 1.14 bits per heavy atom. The van der Waals surface area contributed by atoms with Gasteiger partial charge >= 0.3 is 6.18 Å². The summed E-state index contributed by atoms with van der Waals surface area (Å²) in [5.74, 6) is -0.628. The third-order valence-electron chi connectivity index (χ3n) is 2.79. The van der Waals surface area contributed by atoms with Crippen molar-refractivity contribution in [1.82, 2.24) is 4.57 Å². The van der Waals surface area contributed by atoms with Crippen LogP contribution in [0.5, 0.6) is 0 Å². The lowest BCUT2D eigenvalue weighted by Gasteiger charge is -2.14. The molecule has 0 spiro atoms. The monoisotopic (exact) mass is 315 g/mol. The van der Waals surface area contributed by atoms with Crippen molar-refractivity contribution in [2.75, 3.05) is 0 Å². The highest BCUT2D eigenvalue weighted by atomic mass is 35.5. The second-order valence-electron chi connectivity index (χ2n) is 4.27. The van der Waals surface area contributed by atoms with Crippen LogP contribution in [0.2, 0.25) is 5.02 Å². The second kappa shape index (κ2) is 5.73. The van der Waals surface area contributed by atoms with Crippen molar-refractivity contribution in [2.24, 2.45) is 0 Å². The standard InChI is InChI=1S/C14H9ClF3NO2/c15-10-4-1-3-9(7-10)11(20)8-19-12(14(16,17)18)5-2-6-13(19)21/h1-7H,8H2. The van der Waals surface area contributed by atoms with E-state index in [1.165, 1.54) is 24.3 Å². The molecular formula is C14H9ClF3NO2. The van der Waals surface area contributed by atoms with E-state index in [0.717, 1.165) is 18.2 Å². The molecule has 0 fully saturated rings. The summed E-state index contributed by atoms with van der Waals surface area (Å²) in [7, 11) is 0. The van der Waals surface area contributed by atoms with E-state index in [2.05, 4.69) is 0 Å². The van der Waals surface area contributed by atoms with Crippen LogP contribution < -0.4 is 5.56 Å². The molecule has 0 saturated heterocycles. The van der Waals surface area contributed by atoms with Gasteiger partial charge in [-0.3, -0.25) is 14.2 Å². The van der Waals surface area contributed by atoms with Crippen molar-refractivity contribution in [3.63, 3.8) is 0 Å². The van der Waals surface area contributed by atoms with Crippen LogP contribution in [0.15, 0.2) is 47.3 Å². The van der Waals surface area contributed by atoms with Gasteiger partial charge in [0.15, 0.2) is 5.78 Å². The van der Waals surface area contributed by atoms with Gasteiger partial charge in [0, 0.05) is 16.7 Å². The summed E-state index contributed by atoms with van der Waals surface area (Å²) < 4.78 is 39.0. The highest BCUT2D eigenvalue weighted by molar-refractivity contribution is 6.31. The second-order valence-corrected chi connectivity index (χ2v) is 4.70. The molecule has 0 saturated carbocycles. The zero-order chi connectivity index (χ0) is 15.6. The molecule has 2 rings (SSSR count). The summed E-state index contributed by atoms with van der Waals surface area (Å²) in [5.41, 5.74) is -1.91. The van der Waals surface area contributed by atoms with E-state index in [9.17, 15) is 22.8 Å². The number of Topliss-reactive ketones (excluding diaryl/α,β-unsaturated/α-hetero) is 1. The first-order valence-corrected chi connectivity index (χ1v) is 6.22. The minimum Gasteiger partial charge on any atom is -0.297 e. The smallest absolute Gasteiger partial charge is 0.297 e. The Balaban J connectivity index is 2.40. The maximum absolute atomic E-state index is 12.9. The van der Waals surface area contributed by atoms with E-state index in [0.29, 0.717) is 4.57 Å². The number of aromatic nitrogens is 1.